The van der Waals surface area contributed by atoms with E-state index in [1.54, 1.807) is 0 Å². The van der Waals surface area contributed by atoms with Gasteiger partial charge in [-0.3, -0.25) is 0 Å². The zero-order valence-corrected chi connectivity index (χ0v) is 13.1. The Morgan fingerprint density at radius 1 is 1.26 bits per heavy atom. The number of hydrogen-bond donors (Lipinski definition) is 1. The summed E-state index contributed by atoms with van der Waals surface area (Å²) in [5.41, 5.74) is 0.777. The van der Waals surface area contributed by atoms with Crippen molar-refractivity contribution in [2.24, 2.45) is 11.8 Å². The number of benzene rings is 1. The van der Waals surface area contributed by atoms with E-state index in [9.17, 15) is 5.11 Å². The minimum absolute atomic E-state index is 0.154. The van der Waals surface area contributed by atoms with Gasteiger partial charge in [-0.1, -0.05) is 35.8 Å². The van der Waals surface area contributed by atoms with Gasteiger partial charge in [0, 0.05) is 16.5 Å². The van der Waals surface area contributed by atoms with E-state index in [1.807, 2.05) is 18.2 Å². The fraction of sp³-hybridized carbons (Fsp3) is 0.625. The highest BCUT2D eigenvalue weighted by Crippen LogP contribution is 2.49. The Balaban J connectivity index is 1.91. The molecule has 3 rings (SSSR count). The topological polar surface area (TPSA) is 29.5 Å². The zero-order chi connectivity index (χ0) is 13.6. The van der Waals surface area contributed by atoms with Gasteiger partial charge < -0.3 is 9.84 Å². The van der Waals surface area contributed by atoms with Crippen molar-refractivity contribution in [1.82, 2.24) is 0 Å². The smallest absolute Gasteiger partial charge is 0.127 e. The Labute approximate surface area is 123 Å². The van der Waals surface area contributed by atoms with E-state index >= 15 is 0 Å². The van der Waals surface area contributed by atoms with Gasteiger partial charge in [-0.2, -0.15) is 0 Å². The van der Waals surface area contributed by atoms with Gasteiger partial charge in [0.15, 0.2) is 0 Å². The van der Waals surface area contributed by atoms with Crippen LogP contribution in [0.2, 0.25) is 0 Å². The molecule has 1 fully saturated rings. The van der Waals surface area contributed by atoms with Crippen LogP contribution in [0, 0.1) is 11.8 Å². The fourth-order valence-electron chi connectivity index (χ4n) is 3.55. The summed E-state index contributed by atoms with van der Waals surface area (Å²) in [6.07, 6.45) is 3.65. The Morgan fingerprint density at radius 2 is 2.05 bits per heavy atom. The molecule has 0 radical (unpaired) electrons. The van der Waals surface area contributed by atoms with Gasteiger partial charge in [-0.05, 0) is 43.2 Å². The van der Waals surface area contributed by atoms with Crippen LogP contribution in [0.4, 0.5) is 0 Å². The van der Waals surface area contributed by atoms with Crippen LogP contribution in [0.5, 0.6) is 5.75 Å². The zero-order valence-electron chi connectivity index (χ0n) is 11.5. The van der Waals surface area contributed by atoms with Crippen LogP contribution in [-0.4, -0.2) is 10.7 Å². The van der Waals surface area contributed by atoms with Crippen molar-refractivity contribution in [2.75, 3.05) is 0 Å². The SMILES string of the molecule is CC1CCC2(CC1C)C[C@H](O)c1ccc(Br)cc1O2. The lowest BCUT2D eigenvalue weighted by atomic mass is 9.70. The standard InChI is InChI=1S/C16H21BrO2/c1-10-5-6-16(8-11(10)2)9-14(18)13-4-3-12(17)7-15(13)19-16/h3-4,7,10-11,14,18H,5-6,8-9H2,1-2H3/t10?,11?,14-,16?/m0/s1. The molecule has 0 amide bonds. The van der Waals surface area contributed by atoms with Crippen molar-refractivity contribution in [2.45, 2.75) is 51.2 Å². The normalized spacial score (nSPS) is 37.8. The lowest BCUT2D eigenvalue weighted by Gasteiger charge is -2.46. The number of fused-ring (bicyclic) bond motifs is 1. The van der Waals surface area contributed by atoms with E-state index in [1.165, 1.54) is 6.42 Å². The summed E-state index contributed by atoms with van der Waals surface area (Å²) in [6.45, 7) is 4.62. The third-order valence-corrected chi connectivity index (χ3v) is 5.44. The van der Waals surface area contributed by atoms with Crippen LogP contribution in [0.15, 0.2) is 22.7 Å². The van der Waals surface area contributed by atoms with E-state index in [4.69, 9.17) is 4.74 Å². The number of aliphatic hydroxyl groups excluding tert-OH is 1. The monoisotopic (exact) mass is 324 g/mol. The molecular weight excluding hydrogens is 304 g/mol. The fourth-order valence-corrected chi connectivity index (χ4v) is 3.89. The van der Waals surface area contributed by atoms with Crippen LogP contribution in [0.3, 0.4) is 0 Å². The molecule has 0 bridgehead atoms. The van der Waals surface area contributed by atoms with E-state index < -0.39 is 6.10 Å². The Kier molecular flexibility index (Phi) is 3.38. The van der Waals surface area contributed by atoms with E-state index in [-0.39, 0.29) is 5.60 Å². The second-order valence-electron chi connectivity index (χ2n) is 6.38. The molecule has 1 aromatic carbocycles. The first-order chi connectivity index (χ1) is 8.99. The highest BCUT2D eigenvalue weighted by molar-refractivity contribution is 9.10. The van der Waals surface area contributed by atoms with E-state index in [0.29, 0.717) is 5.92 Å². The number of hydrogen-bond acceptors (Lipinski definition) is 2. The van der Waals surface area contributed by atoms with Crippen molar-refractivity contribution < 1.29 is 9.84 Å². The van der Waals surface area contributed by atoms with Crippen LogP contribution in [0.1, 0.15) is 51.2 Å². The summed E-state index contributed by atoms with van der Waals surface area (Å²) in [7, 11) is 0. The molecule has 1 aromatic rings. The van der Waals surface area contributed by atoms with Crippen molar-refractivity contribution >= 4 is 15.9 Å². The van der Waals surface area contributed by atoms with Crippen LogP contribution in [0.25, 0.3) is 0 Å². The van der Waals surface area contributed by atoms with Crippen LogP contribution >= 0.6 is 15.9 Å². The van der Waals surface area contributed by atoms with Gasteiger partial charge in [-0.15, -0.1) is 0 Å². The molecule has 0 saturated heterocycles. The average Bonchev–Trinajstić information content (AvgIpc) is 2.34. The average molecular weight is 325 g/mol. The van der Waals surface area contributed by atoms with E-state index in [0.717, 1.165) is 41.0 Å². The minimum atomic E-state index is -0.391. The summed E-state index contributed by atoms with van der Waals surface area (Å²) in [5.74, 6) is 2.28. The molecule has 2 aliphatic rings. The lowest BCUT2D eigenvalue weighted by molar-refractivity contribution is -0.0602. The van der Waals surface area contributed by atoms with Crippen molar-refractivity contribution in [3.8, 4) is 5.75 Å². The second kappa shape index (κ2) is 4.78. The van der Waals surface area contributed by atoms with Gasteiger partial charge in [-0.25, -0.2) is 0 Å². The number of ether oxygens (including phenoxy) is 1. The highest BCUT2D eigenvalue weighted by atomic mass is 79.9. The van der Waals surface area contributed by atoms with Crippen molar-refractivity contribution in [3.63, 3.8) is 0 Å². The Morgan fingerprint density at radius 3 is 2.79 bits per heavy atom. The Bertz CT molecular complexity index is 488. The van der Waals surface area contributed by atoms with Gasteiger partial charge in [0.2, 0.25) is 0 Å². The third-order valence-electron chi connectivity index (χ3n) is 4.95. The summed E-state index contributed by atoms with van der Waals surface area (Å²) in [4.78, 5) is 0. The molecule has 1 aliphatic heterocycles. The molecule has 19 heavy (non-hydrogen) atoms. The van der Waals surface area contributed by atoms with Gasteiger partial charge in [0.25, 0.3) is 0 Å². The maximum atomic E-state index is 10.4. The summed E-state index contributed by atoms with van der Waals surface area (Å²) in [5, 5.41) is 10.4. The molecule has 1 aliphatic carbocycles. The number of halogens is 1. The molecule has 1 N–H and O–H groups in total. The summed E-state index contributed by atoms with van der Waals surface area (Å²) in [6, 6.07) is 5.92. The molecule has 1 spiro atoms. The van der Waals surface area contributed by atoms with Crippen LogP contribution in [-0.2, 0) is 0 Å². The predicted molar refractivity (Wildman–Crippen MR) is 79.3 cm³/mol. The Hall–Kier alpha value is -0.540. The molecular formula is C16H21BrO2. The molecule has 1 saturated carbocycles. The van der Waals surface area contributed by atoms with Gasteiger partial charge in [0.1, 0.15) is 11.4 Å². The van der Waals surface area contributed by atoms with Gasteiger partial charge >= 0.3 is 0 Å². The number of rotatable bonds is 0. The van der Waals surface area contributed by atoms with Gasteiger partial charge in [0.05, 0.1) is 6.10 Å². The minimum Gasteiger partial charge on any atom is -0.487 e. The molecule has 2 nitrogen and oxygen atoms in total. The first-order valence-corrected chi connectivity index (χ1v) is 7.95. The molecule has 4 atom stereocenters. The highest BCUT2D eigenvalue weighted by Gasteiger charge is 2.44. The van der Waals surface area contributed by atoms with Crippen molar-refractivity contribution in [3.05, 3.63) is 28.2 Å². The molecule has 3 heteroatoms. The summed E-state index contributed by atoms with van der Waals surface area (Å²) < 4.78 is 7.35. The predicted octanol–water partition coefficient (Wildman–Crippen LogP) is 4.46. The molecule has 1 heterocycles. The largest absolute Gasteiger partial charge is 0.487 e. The quantitative estimate of drug-likeness (QED) is 0.763. The first-order valence-electron chi connectivity index (χ1n) is 7.16. The summed E-state index contributed by atoms with van der Waals surface area (Å²) >= 11 is 3.48. The lowest BCUT2D eigenvalue weighted by Crippen LogP contribution is -2.46. The number of aliphatic hydroxyl groups is 1. The van der Waals surface area contributed by atoms with Crippen molar-refractivity contribution in [1.29, 1.82) is 0 Å². The van der Waals surface area contributed by atoms with E-state index in [2.05, 4.69) is 29.8 Å². The molecule has 3 unspecified atom stereocenters. The maximum absolute atomic E-state index is 10.4. The first kappa shape index (κ1) is 13.4. The third kappa shape index (κ3) is 2.43. The molecule has 104 valence electrons. The second-order valence-corrected chi connectivity index (χ2v) is 7.30. The van der Waals surface area contributed by atoms with Crippen LogP contribution < -0.4 is 4.74 Å². The molecule has 0 aromatic heterocycles. The maximum Gasteiger partial charge on any atom is 0.127 e.